The molecule has 1 unspecified atom stereocenters. The van der Waals surface area contributed by atoms with Gasteiger partial charge in [-0.3, -0.25) is 9.78 Å². The average Bonchev–Trinajstić information content (AvgIpc) is 3.20. The van der Waals surface area contributed by atoms with Crippen LogP contribution in [0.3, 0.4) is 0 Å². The maximum Gasteiger partial charge on any atom is 0.443 e. The van der Waals surface area contributed by atoms with Gasteiger partial charge in [-0.1, -0.05) is 23.7 Å². The zero-order valence-corrected chi connectivity index (χ0v) is 20.9. The molecule has 0 saturated carbocycles. The summed E-state index contributed by atoms with van der Waals surface area (Å²) in [7, 11) is -3.30. The van der Waals surface area contributed by atoms with Crippen LogP contribution < -0.4 is 5.32 Å². The molecule has 0 spiro atoms. The summed E-state index contributed by atoms with van der Waals surface area (Å²) < 4.78 is 76.8. The first-order valence-electron chi connectivity index (χ1n) is 10.2. The maximum absolute atomic E-state index is 14.4. The van der Waals surface area contributed by atoms with Crippen LogP contribution in [0.4, 0.5) is 17.6 Å². The highest BCUT2D eigenvalue weighted by atomic mass is 35.5. The van der Waals surface area contributed by atoms with Crippen LogP contribution >= 0.6 is 22.9 Å². The van der Waals surface area contributed by atoms with Crippen LogP contribution in [0.1, 0.15) is 34.0 Å². The highest BCUT2D eigenvalue weighted by Gasteiger charge is 2.36. The molecule has 0 aliphatic rings. The van der Waals surface area contributed by atoms with Gasteiger partial charge in [0.1, 0.15) is 15.7 Å². The summed E-state index contributed by atoms with van der Waals surface area (Å²) in [6, 6.07) is 7.29. The van der Waals surface area contributed by atoms with E-state index in [-0.39, 0.29) is 40.5 Å². The van der Waals surface area contributed by atoms with E-state index in [1.165, 1.54) is 19.2 Å². The number of alkyl halides is 3. The summed E-state index contributed by atoms with van der Waals surface area (Å²) in [6.07, 6.45) is -2.46. The highest BCUT2D eigenvalue weighted by Crippen LogP contribution is 2.38. The van der Waals surface area contributed by atoms with Crippen molar-refractivity contribution in [2.24, 2.45) is 0 Å². The lowest BCUT2D eigenvalue weighted by Crippen LogP contribution is -2.27. The molecule has 0 aliphatic heterocycles. The summed E-state index contributed by atoms with van der Waals surface area (Å²) in [6.45, 7) is 1.26. The van der Waals surface area contributed by atoms with Crippen molar-refractivity contribution in [1.29, 1.82) is 0 Å². The topological polar surface area (TPSA) is 89.0 Å². The van der Waals surface area contributed by atoms with E-state index in [1.54, 1.807) is 18.2 Å². The quantitative estimate of drug-likeness (QED) is 0.398. The average molecular weight is 550 g/mol. The summed E-state index contributed by atoms with van der Waals surface area (Å²) >= 11 is 6.38. The summed E-state index contributed by atoms with van der Waals surface area (Å²) in [4.78, 5) is 20.5. The number of nitrogens with one attached hydrogen (secondary N) is 1. The van der Waals surface area contributed by atoms with Gasteiger partial charge in [0.05, 0.1) is 34.5 Å². The fourth-order valence-electron chi connectivity index (χ4n) is 3.11. The zero-order valence-electron chi connectivity index (χ0n) is 18.5. The van der Waals surface area contributed by atoms with Gasteiger partial charge in [0.25, 0.3) is 0 Å². The van der Waals surface area contributed by atoms with Crippen LogP contribution in [-0.2, 0) is 33.8 Å². The Balaban J connectivity index is 1.76. The van der Waals surface area contributed by atoms with Crippen LogP contribution in [-0.4, -0.2) is 36.3 Å². The number of hydrogen-bond acceptors (Lipinski definition) is 6. The monoisotopic (exact) mass is 549 g/mol. The lowest BCUT2D eigenvalue weighted by atomic mass is 10.0. The number of rotatable bonds is 8. The molecule has 3 aromatic rings. The number of nitrogens with zero attached hydrogens (tertiary/aromatic N) is 2. The molecule has 35 heavy (non-hydrogen) atoms. The Bertz CT molecular complexity index is 1340. The van der Waals surface area contributed by atoms with Crippen molar-refractivity contribution < 1.29 is 30.8 Å². The van der Waals surface area contributed by atoms with E-state index in [9.17, 15) is 30.8 Å². The number of carbonyl (C=O) groups excluding carboxylic acids is 1. The van der Waals surface area contributed by atoms with E-state index in [0.29, 0.717) is 21.9 Å². The van der Waals surface area contributed by atoms with Crippen LogP contribution in [0.5, 0.6) is 0 Å². The molecule has 6 nitrogen and oxygen atoms in total. The predicted octanol–water partition coefficient (Wildman–Crippen LogP) is 5.02. The number of aryl methyl sites for hydroxylation is 1. The molecule has 0 fully saturated rings. The minimum Gasteiger partial charge on any atom is -0.351 e. The first-order chi connectivity index (χ1) is 16.2. The van der Waals surface area contributed by atoms with Gasteiger partial charge >= 0.3 is 6.18 Å². The molecular formula is C22H20ClF4N3O3S2. The molecule has 1 amide bonds. The van der Waals surface area contributed by atoms with Gasteiger partial charge in [0.2, 0.25) is 5.91 Å². The van der Waals surface area contributed by atoms with E-state index in [1.807, 2.05) is 0 Å². The van der Waals surface area contributed by atoms with Crippen LogP contribution in [0.25, 0.3) is 11.3 Å². The molecule has 2 heterocycles. The molecule has 0 bridgehead atoms. The molecule has 3 rings (SSSR count). The van der Waals surface area contributed by atoms with Crippen LogP contribution in [0.15, 0.2) is 36.5 Å². The Hall–Kier alpha value is -2.57. The number of pyridine rings is 1. The molecule has 1 atom stereocenters. The van der Waals surface area contributed by atoms with E-state index < -0.39 is 38.7 Å². The Morgan fingerprint density at radius 3 is 2.57 bits per heavy atom. The van der Waals surface area contributed by atoms with Gasteiger partial charge in [-0.15, -0.1) is 11.3 Å². The molecule has 0 saturated heterocycles. The maximum atomic E-state index is 14.4. The third-order valence-corrected chi connectivity index (χ3v) is 7.28. The van der Waals surface area contributed by atoms with Crippen molar-refractivity contribution in [2.45, 2.75) is 32.0 Å². The van der Waals surface area contributed by atoms with Crippen molar-refractivity contribution in [3.8, 4) is 11.3 Å². The normalized spacial score (nSPS) is 13.0. The van der Waals surface area contributed by atoms with Gasteiger partial charge in [0.15, 0.2) is 5.01 Å². The second-order valence-corrected chi connectivity index (χ2v) is 11.6. The van der Waals surface area contributed by atoms with Gasteiger partial charge in [-0.2, -0.15) is 13.2 Å². The Morgan fingerprint density at radius 1 is 1.26 bits per heavy atom. The van der Waals surface area contributed by atoms with Gasteiger partial charge in [-0.05, 0) is 30.7 Å². The Kier molecular flexibility index (Phi) is 8.17. The fourth-order valence-corrected chi connectivity index (χ4v) is 4.75. The molecule has 1 N–H and O–H groups in total. The van der Waals surface area contributed by atoms with Gasteiger partial charge in [0, 0.05) is 29.5 Å². The minimum atomic E-state index is -4.66. The smallest absolute Gasteiger partial charge is 0.351 e. The second-order valence-electron chi connectivity index (χ2n) is 7.82. The van der Waals surface area contributed by atoms with Crippen molar-refractivity contribution >= 4 is 38.7 Å². The lowest BCUT2D eigenvalue weighted by Gasteiger charge is -2.13. The Morgan fingerprint density at radius 2 is 1.97 bits per heavy atom. The first kappa shape index (κ1) is 27.0. The number of sulfone groups is 1. The van der Waals surface area contributed by atoms with E-state index in [2.05, 4.69) is 15.3 Å². The zero-order chi connectivity index (χ0) is 26.0. The minimum absolute atomic E-state index is 0.0395. The number of halogens is 5. The molecule has 0 aliphatic carbocycles. The summed E-state index contributed by atoms with van der Waals surface area (Å²) in [5.74, 6) is -2.44. The van der Waals surface area contributed by atoms with Crippen LogP contribution in [0.2, 0.25) is 5.02 Å². The molecular weight excluding hydrogens is 530 g/mol. The SMILES string of the molecule is CC(C(=O)NCc1sc(C(F)(F)F)nc1-c1cccc(Cl)c1)c1cnc(CCS(C)(=O)=O)c(F)c1. The summed E-state index contributed by atoms with van der Waals surface area (Å²) in [5.41, 5.74) is 0.624. The second kappa shape index (κ2) is 10.6. The third-order valence-electron chi connectivity index (χ3n) is 5.00. The van der Waals surface area contributed by atoms with E-state index in [4.69, 9.17) is 11.6 Å². The van der Waals surface area contributed by atoms with Crippen molar-refractivity contribution in [3.63, 3.8) is 0 Å². The van der Waals surface area contributed by atoms with E-state index >= 15 is 0 Å². The number of amides is 1. The predicted molar refractivity (Wildman–Crippen MR) is 125 cm³/mol. The van der Waals surface area contributed by atoms with Crippen LogP contribution in [0, 0.1) is 5.82 Å². The largest absolute Gasteiger partial charge is 0.443 e. The number of carbonyl (C=O) groups is 1. The Labute approximate surface area is 208 Å². The van der Waals surface area contributed by atoms with Crippen molar-refractivity contribution in [3.05, 3.63) is 68.5 Å². The number of hydrogen-bond donors (Lipinski definition) is 1. The van der Waals surface area contributed by atoms with Gasteiger partial charge in [-0.25, -0.2) is 17.8 Å². The van der Waals surface area contributed by atoms with E-state index in [0.717, 1.165) is 12.3 Å². The highest BCUT2D eigenvalue weighted by molar-refractivity contribution is 7.90. The fraction of sp³-hybridized carbons (Fsp3) is 0.318. The number of benzene rings is 1. The standard InChI is InChI=1S/C22H20ClF4N3O3S2/c1-12(14-9-16(24)17(28-10-14)6-7-35(2,32)33)20(31)29-11-18-19(13-4-3-5-15(23)8-13)30-21(34-18)22(25,26)27/h3-5,8-10,12H,6-7,11H2,1-2H3,(H,29,31). The number of aromatic nitrogens is 2. The molecule has 2 aromatic heterocycles. The lowest BCUT2D eigenvalue weighted by molar-refractivity contribution is -0.137. The molecule has 13 heteroatoms. The van der Waals surface area contributed by atoms with Crippen molar-refractivity contribution in [2.75, 3.05) is 12.0 Å². The van der Waals surface area contributed by atoms with Gasteiger partial charge < -0.3 is 5.32 Å². The third kappa shape index (κ3) is 7.21. The first-order valence-corrected chi connectivity index (χ1v) is 13.4. The number of thiazole rings is 1. The molecule has 1 aromatic carbocycles. The molecule has 0 radical (unpaired) electrons. The molecule has 188 valence electrons. The summed E-state index contributed by atoms with van der Waals surface area (Å²) in [5, 5.41) is 1.83. The van der Waals surface area contributed by atoms with Crippen molar-refractivity contribution in [1.82, 2.24) is 15.3 Å².